The molecular weight excluding hydrogens is 352 g/mol. The van der Waals surface area contributed by atoms with E-state index in [1.54, 1.807) is 0 Å². The Hall–Kier alpha value is -0.650. The highest BCUT2D eigenvalue weighted by Gasteiger charge is 2.30. The second-order valence-corrected chi connectivity index (χ2v) is 7.62. The summed E-state index contributed by atoms with van der Waals surface area (Å²) in [7, 11) is 2.18. The van der Waals surface area contributed by atoms with Crippen LogP contribution in [0.15, 0.2) is 16.7 Å². The van der Waals surface area contributed by atoms with Gasteiger partial charge in [0.05, 0.1) is 5.38 Å². The van der Waals surface area contributed by atoms with Gasteiger partial charge in [-0.3, -0.25) is 0 Å². The van der Waals surface area contributed by atoms with Crippen LogP contribution < -0.4 is 0 Å². The minimum absolute atomic E-state index is 0.121. The zero-order valence-electron chi connectivity index (χ0n) is 12.6. The molecule has 0 radical (unpaired) electrons. The van der Waals surface area contributed by atoms with E-state index in [-0.39, 0.29) is 5.38 Å². The van der Waals surface area contributed by atoms with Crippen molar-refractivity contribution in [2.24, 2.45) is 5.92 Å². The van der Waals surface area contributed by atoms with Crippen molar-refractivity contribution in [2.45, 2.75) is 31.7 Å². The fourth-order valence-electron chi connectivity index (χ4n) is 3.31. The van der Waals surface area contributed by atoms with Crippen LogP contribution in [0.2, 0.25) is 0 Å². The van der Waals surface area contributed by atoms with Crippen LogP contribution in [0.25, 0.3) is 11.2 Å². The number of hydrogen-bond acceptors (Lipinski definition) is 3. The molecule has 0 aromatic carbocycles. The molecule has 0 aliphatic carbocycles. The fraction of sp³-hybridized carbons (Fsp3) is 0.600. The average Bonchev–Trinajstić information content (AvgIpc) is 2.77. The summed E-state index contributed by atoms with van der Waals surface area (Å²) in [5, 5.41) is -0.121. The number of fused-ring (bicyclic) bond motifs is 1. The Morgan fingerprint density at radius 1 is 1.48 bits per heavy atom. The van der Waals surface area contributed by atoms with Gasteiger partial charge >= 0.3 is 0 Å². The van der Waals surface area contributed by atoms with Gasteiger partial charge in [-0.25, -0.2) is 9.97 Å². The van der Waals surface area contributed by atoms with Crippen molar-refractivity contribution < 1.29 is 0 Å². The maximum Gasteiger partial charge on any atom is 0.160 e. The molecule has 0 bridgehead atoms. The highest BCUT2D eigenvalue weighted by molar-refractivity contribution is 9.10. The molecule has 0 N–H and O–H groups in total. The molecule has 0 saturated carbocycles. The number of aromatic nitrogens is 3. The van der Waals surface area contributed by atoms with Crippen LogP contribution >= 0.6 is 27.5 Å². The van der Waals surface area contributed by atoms with Gasteiger partial charge < -0.3 is 9.47 Å². The number of alkyl halides is 1. The second kappa shape index (κ2) is 5.86. The van der Waals surface area contributed by atoms with E-state index >= 15 is 0 Å². The maximum absolute atomic E-state index is 6.38. The molecular formula is C15H20BrClN4. The van der Waals surface area contributed by atoms with Crippen molar-refractivity contribution in [2.75, 3.05) is 20.1 Å². The van der Waals surface area contributed by atoms with Crippen LogP contribution in [0, 0.1) is 5.92 Å². The summed E-state index contributed by atoms with van der Waals surface area (Å²) in [5.41, 5.74) is 1.86. The molecule has 3 rings (SSSR count). The van der Waals surface area contributed by atoms with Crippen LogP contribution in [-0.4, -0.2) is 39.6 Å². The van der Waals surface area contributed by atoms with Gasteiger partial charge in [0.25, 0.3) is 0 Å². The molecule has 0 spiro atoms. The van der Waals surface area contributed by atoms with Gasteiger partial charge in [0.1, 0.15) is 11.3 Å². The number of halogens is 2. The molecule has 114 valence electrons. The zero-order chi connectivity index (χ0) is 15.1. The van der Waals surface area contributed by atoms with E-state index in [2.05, 4.69) is 44.4 Å². The van der Waals surface area contributed by atoms with E-state index in [9.17, 15) is 0 Å². The van der Waals surface area contributed by atoms with Crippen molar-refractivity contribution in [1.82, 2.24) is 19.4 Å². The molecule has 0 amide bonds. The van der Waals surface area contributed by atoms with Crippen LogP contribution in [0.4, 0.5) is 0 Å². The molecule has 2 aromatic heterocycles. The number of nitrogens with zero attached hydrogens (tertiary/aromatic N) is 4. The first-order chi connectivity index (χ1) is 9.97. The van der Waals surface area contributed by atoms with Crippen molar-refractivity contribution in [3.63, 3.8) is 0 Å². The number of likely N-dealkylation sites (tertiary alicyclic amines) is 1. The molecule has 3 unspecified atom stereocenters. The van der Waals surface area contributed by atoms with Gasteiger partial charge in [-0.2, -0.15) is 0 Å². The third-order valence-electron chi connectivity index (χ3n) is 4.27. The minimum Gasteiger partial charge on any atom is -0.308 e. The first-order valence-electron chi connectivity index (χ1n) is 7.33. The van der Waals surface area contributed by atoms with Crippen LogP contribution in [0.3, 0.4) is 0 Å². The summed E-state index contributed by atoms with van der Waals surface area (Å²) in [4.78, 5) is 11.7. The minimum atomic E-state index is -0.121. The van der Waals surface area contributed by atoms with Gasteiger partial charge in [-0.05, 0) is 54.9 Å². The number of hydrogen-bond donors (Lipinski definition) is 0. The summed E-state index contributed by atoms with van der Waals surface area (Å²) < 4.78 is 3.22. The van der Waals surface area contributed by atoms with E-state index in [4.69, 9.17) is 16.6 Å². The molecule has 1 aliphatic rings. The smallest absolute Gasteiger partial charge is 0.160 e. The van der Waals surface area contributed by atoms with E-state index in [0.717, 1.165) is 41.0 Å². The topological polar surface area (TPSA) is 34.0 Å². The summed E-state index contributed by atoms with van der Waals surface area (Å²) in [6, 6.07) is 2.43. The van der Waals surface area contributed by atoms with Crippen LogP contribution in [0.1, 0.15) is 37.5 Å². The third kappa shape index (κ3) is 2.83. The second-order valence-electron chi connectivity index (χ2n) is 6.05. The normalized spacial score (nSPS) is 25.4. The summed E-state index contributed by atoms with van der Waals surface area (Å²) in [6.45, 7) is 6.47. The Morgan fingerprint density at radius 3 is 2.90 bits per heavy atom. The van der Waals surface area contributed by atoms with Crippen molar-refractivity contribution in [3.8, 4) is 0 Å². The highest BCUT2D eigenvalue weighted by Crippen LogP contribution is 2.35. The van der Waals surface area contributed by atoms with Gasteiger partial charge in [-0.15, -0.1) is 11.6 Å². The first kappa shape index (κ1) is 15.3. The monoisotopic (exact) mass is 370 g/mol. The number of imidazole rings is 1. The molecule has 3 atom stereocenters. The standard InChI is InChI=1S/C15H20BrClN4/c1-9-8-20(3)5-4-13(9)21-14(10(2)17)19-12-6-11(16)7-18-15(12)21/h6-7,9-10,13H,4-5,8H2,1-3H3. The first-order valence-corrected chi connectivity index (χ1v) is 8.56. The predicted octanol–water partition coefficient (Wildman–Crippen LogP) is 4.01. The van der Waals surface area contributed by atoms with E-state index < -0.39 is 0 Å². The van der Waals surface area contributed by atoms with Gasteiger partial charge in [0, 0.05) is 23.3 Å². The summed E-state index contributed by atoms with van der Waals surface area (Å²) in [5.74, 6) is 1.49. The van der Waals surface area contributed by atoms with E-state index in [1.165, 1.54) is 0 Å². The lowest BCUT2D eigenvalue weighted by Crippen LogP contribution is -2.38. The zero-order valence-corrected chi connectivity index (χ0v) is 14.9. The third-order valence-corrected chi connectivity index (χ3v) is 4.90. The maximum atomic E-state index is 6.38. The molecule has 21 heavy (non-hydrogen) atoms. The van der Waals surface area contributed by atoms with Crippen molar-refractivity contribution in [3.05, 3.63) is 22.6 Å². The Balaban J connectivity index is 2.13. The quantitative estimate of drug-likeness (QED) is 0.748. The van der Waals surface area contributed by atoms with Crippen LogP contribution in [0.5, 0.6) is 0 Å². The number of rotatable bonds is 2. The van der Waals surface area contributed by atoms with Crippen molar-refractivity contribution >= 4 is 38.7 Å². The molecule has 6 heteroatoms. The van der Waals surface area contributed by atoms with E-state index in [1.807, 2.05) is 19.2 Å². The van der Waals surface area contributed by atoms with Crippen molar-refractivity contribution in [1.29, 1.82) is 0 Å². The van der Waals surface area contributed by atoms with Gasteiger partial charge in [0.15, 0.2) is 5.65 Å². The SMILES string of the molecule is CC(Cl)c1nc2cc(Br)cnc2n1C1CCN(C)CC1C. The summed E-state index contributed by atoms with van der Waals surface area (Å²) >= 11 is 9.85. The Morgan fingerprint density at radius 2 is 2.24 bits per heavy atom. The largest absolute Gasteiger partial charge is 0.308 e. The molecule has 4 nitrogen and oxygen atoms in total. The molecule has 1 saturated heterocycles. The predicted molar refractivity (Wildman–Crippen MR) is 89.8 cm³/mol. The molecule has 2 aromatic rings. The molecule has 3 heterocycles. The Kier molecular flexibility index (Phi) is 4.26. The lowest BCUT2D eigenvalue weighted by molar-refractivity contribution is 0.159. The van der Waals surface area contributed by atoms with Crippen LogP contribution in [-0.2, 0) is 0 Å². The number of pyridine rings is 1. The lowest BCUT2D eigenvalue weighted by atomic mass is 9.93. The highest BCUT2D eigenvalue weighted by atomic mass is 79.9. The lowest BCUT2D eigenvalue weighted by Gasteiger charge is -2.36. The summed E-state index contributed by atoms with van der Waals surface area (Å²) in [6.07, 6.45) is 2.94. The molecule has 1 aliphatic heterocycles. The van der Waals surface area contributed by atoms with Gasteiger partial charge in [0.2, 0.25) is 0 Å². The van der Waals surface area contributed by atoms with E-state index in [0.29, 0.717) is 12.0 Å². The number of piperidine rings is 1. The Labute approximate surface area is 138 Å². The van der Waals surface area contributed by atoms with Gasteiger partial charge in [-0.1, -0.05) is 6.92 Å². The fourth-order valence-corrected chi connectivity index (χ4v) is 3.78. The average molecular weight is 372 g/mol. The molecule has 1 fully saturated rings. The Bertz CT molecular complexity index is 654.